The molecule has 0 unspecified atom stereocenters. The lowest BCUT2D eigenvalue weighted by Gasteiger charge is -2.04. The Balaban J connectivity index is 2.21. The highest BCUT2D eigenvalue weighted by molar-refractivity contribution is 7.98. The molecule has 0 amide bonds. The first-order chi connectivity index (χ1) is 9.97. The molecule has 7 nitrogen and oxygen atoms in total. The lowest BCUT2D eigenvalue weighted by atomic mass is 10.2. The van der Waals surface area contributed by atoms with E-state index >= 15 is 0 Å². The molecule has 0 bridgehead atoms. The van der Waals surface area contributed by atoms with Crippen molar-refractivity contribution in [1.29, 1.82) is 0 Å². The number of hydrogen-bond donors (Lipinski definition) is 1. The van der Waals surface area contributed by atoms with Gasteiger partial charge in [0.25, 0.3) is 11.4 Å². The van der Waals surface area contributed by atoms with Gasteiger partial charge in [0.15, 0.2) is 0 Å². The van der Waals surface area contributed by atoms with E-state index in [0.717, 1.165) is 11.0 Å². The molecule has 0 heterocycles. The van der Waals surface area contributed by atoms with Crippen LogP contribution in [0, 0.1) is 20.2 Å². The lowest BCUT2D eigenvalue weighted by Crippen LogP contribution is -1.97. The van der Waals surface area contributed by atoms with E-state index in [9.17, 15) is 20.2 Å². The number of nitrogens with two attached hydrogens (primary N) is 1. The second-order valence-electron chi connectivity index (χ2n) is 4.18. The van der Waals surface area contributed by atoms with Crippen LogP contribution in [0.3, 0.4) is 0 Å². The molecule has 8 heteroatoms. The van der Waals surface area contributed by atoms with Crippen molar-refractivity contribution in [2.75, 3.05) is 5.73 Å². The minimum atomic E-state index is -0.649. The van der Waals surface area contributed by atoms with Crippen molar-refractivity contribution in [2.24, 2.45) is 0 Å². The number of hydrogen-bond acceptors (Lipinski definition) is 6. The average molecular weight is 305 g/mol. The average Bonchev–Trinajstić information content (AvgIpc) is 2.46. The number of nitrogens with zero attached hydrogens (tertiary/aromatic N) is 2. The zero-order valence-corrected chi connectivity index (χ0v) is 11.6. The molecule has 0 atom stereocenters. The predicted molar refractivity (Wildman–Crippen MR) is 80.2 cm³/mol. The number of anilines is 1. The van der Waals surface area contributed by atoms with E-state index in [1.165, 1.54) is 23.9 Å². The predicted octanol–water partition coefficient (Wildman–Crippen LogP) is 3.38. The van der Waals surface area contributed by atoms with Gasteiger partial charge >= 0.3 is 0 Å². The summed E-state index contributed by atoms with van der Waals surface area (Å²) in [7, 11) is 0. The molecule has 0 radical (unpaired) electrons. The highest BCUT2D eigenvalue weighted by Crippen LogP contribution is 2.30. The van der Waals surface area contributed by atoms with E-state index in [-0.39, 0.29) is 11.4 Å². The largest absolute Gasteiger partial charge is 0.399 e. The molecule has 0 fully saturated rings. The summed E-state index contributed by atoms with van der Waals surface area (Å²) in [6.07, 6.45) is 0. The monoisotopic (exact) mass is 305 g/mol. The molecule has 0 saturated carbocycles. The van der Waals surface area contributed by atoms with Gasteiger partial charge in [-0.3, -0.25) is 20.2 Å². The molecular formula is C13H11N3O4S. The maximum absolute atomic E-state index is 11.0. The molecule has 2 rings (SSSR count). The topological polar surface area (TPSA) is 112 Å². The van der Waals surface area contributed by atoms with Gasteiger partial charge in [0, 0.05) is 28.0 Å². The number of rotatable bonds is 5. The summed E-state index contributed by atoms with van der Waals surface area (Å²) >= 11 is 1.40. The van der Waals surface area contributed by atoms with Crippen LogP contribution in [0.2, 0.25) is 0 Å². The first kappa shape index (κ1) is 14.8. The van der Waals surface area contributed by atoms with Crippen molar-refractivity contribution in [2.45, 2.75) is 10.6 Å². The van der Waals surface area contributed by atoms with Crippen molar-refractivity contribution >= 4 is 28.8 Å². The summed E-state index contributed by atoms with van der Waals surface area (Å²) in [5.41, 5.74) is 6.12. The van der Waals surface area contributed by atoms with Crippen molar-refractivity contribution in [3.05, 3.63) is 68.3 Å². The number of nitro benzene ring substituents is 2. The normalized spacial score (nSPS) is 10.3. The minimum Gasteiger partial charge on any atom is -0.399 e. The van der Waals surface area contributed by atoms with Crippen LogP contribution in [0.1, 0.15) is 5.56 Å². The van der Waals surface area contributed by atoms with Crippen molar-refractivity contribution < 1.29 is 9.85 Å². The van der Waals surface area contributed by atoms with Gasteiger partial charge in [-0.15, -0.1) is 11.8 Å². The Morgan fingerprint density at radius 3 is 2.24 bits per heavy atom. The molecule has 0 aliphatic heterocycles. The highest BCUT2D eigenvalue weighted by atomic mass is 32.2. The lowest BCUT2D eigenvalue weighted by molar-refractivity contribution is -0.394. The second kappa shape index (κ2) is 6.23. The first-order valence-corrected chi connectivity index (χ1v) is 6.86. The standard InChI is InChI=1S/C13H11N3O4S/c14-10-2-5-12(6-3-10)21-8-9-1-4-11(15(17)18)7-13(9)16(19)20/h1-7H,8,14H2. The second-order valence-corrected chi connectivity index (χ2v) is 5.23. The van der Waals surface area contributed by atoms with E-state index in [1.54, 1.807) is 12.1 Å². The van der Waals surface area contributed by atoms with Gasteiger partial charge in [0.1, 0.15) is 0 Å². The molecule has 0 aliphatic carbocycles. The van der Waals surface area contributed by atoms with E-state index in [1.807, 2.05) is 12.1 Å². The van der Waals surface area contributed by atoms with Gasteiger partial charge < -0.3 is 5.73 Å². The Labute approximate surface area is 124 Å². The summed E-state index contributed by atoms with van der Waals surface area (Å²) in [6.45, 7) is 0. The van der Waals surface area contributed by atoms with Gasteiger partial charge in [0.2, 0.25) is 0 Å². The zero-order valence-electron chi connectivity index (χ0n) is 10.8. The Hall–Kier alpha value is -2.61. The maximum Gasteiger partial charge on any atom is 0.280 e. The molecule has 0 saturated heterocycles. The van der Waals surface area contributed by atoms with E-state index in [4.69, 9.17) is 5.73 Å². The van der Waals surface area contributed by atoms with Crippen LogP contribution in [0.5, 0.6) is 0 Å². The number of benzene rings is 2. The highest BCUT2D eigenvalue weighted by Gasteiger charge is 2.19. The Morgan fingerprint density at radius 2 is 1.67 bits per heavy atom. The van der Waals surface area contributed by atoms with Crippen LogP contribution in [0.25, 0.3) is 0 Å². The van der Waals surface area contributed by atoms with Gasteiger partial charge in [-0.1, -0.05) is 0 Å². The summed E-state index contributed by atoms with van der Waals surface area (Å²) in [6, 6.07) is 10.8. The van der Waals surface area contributed by atoms with Crippen molar-refractivity contribution in [3.63, 3.8) is 0 Å². The van der Waals surface area contributed by atoms with E-state index in [0.29, 0.717) is 17.0 Å². The zero-order chi connectivity index (χ0) is 15.4. The molecule has 0 aromatic heterocycles. The molecular weight excluding hydrogens is 294 g/mol. The van der Waals surface area contributed by atoms with Crippen LogP contribution in [-0.2, 0) is 5.75 Å². The molecule has 0 aliphatic rings. The third-order valence-corrected chi connectivity index (χ3v) is 3.81. The van der Waals surface area contributed by atoms with Gasteiger partial charge in [0.05, 0.1) is 15.9 Å². The van der Waals surface area contributed by atoms with Crippen molar-refractivity contribution in [3.8, 4) is 0 Å². The molecule has 21 heavy (non-hydrogen) atoms. The van der Waals surface area contributed by atoms with Crippen LogP contribution < -0.4 is 5.73 Å². The third kappa shape index (κ3) is 3.69. The summed E-state index contributed by atoms with van der Waals surface area (Å²) < 4.78 is 0. The first-order valence-electron chi connectivity index (χ1n) is 5.87. The fourth-order valence-corrected chi connectivity index (χ4v) is 2.58. The van der Waals surface area contributed by atoms with Gasteiger partial charge in [-0.05, 0) is 30.3 Å². The number of non-ortho nitro benzene ring substituents is 1. The molecule has 2 N–H and O–H groups in total. The number of nitro groups is 2. The number of nitrogen functional groups attached to an aromatic ring is 1. The third-order valence-electron chi connectivity index (χ3n) is 2.75. The SMILES string of the molecule is Nc1ccc(SCc2ccc([N+](=O)[O-])cc2[N+](=O)[O-])cc1. The molecule has 2 aromatic carbocycles. The van der Waals surface area contributed by atoms with E-state index in [2.05, 4.69) is 0 Å². The van der Waals surface area contributed by atoms with Crippen molar-refractivity contribution in [1.82, 2.24) is 0 Å². The summed E-state index contributed by atoms with van der Waals surface area (Å²) in [5.74, 6) is 0.345. The Kier molecular flexibility index (Phi) is 4.39. The van der Waals surface area contributed by atoms with E-state index < -0.39 is 9.85 Å². The quantitative estimate of drug-likeness (QED) is 0.392. The summed E-state index contributed by atoms with van der Waals surface area (Å²) in [4.78, 5) is 21.3. The van der Waals surface area contributed by atoms with Gasteiger partial charge in [-0.25, -0.2) is 0 Å². The Bertz CT molecular complexity index is 688. The molecule has 0 spiro atoms. The fraction of sp³-hybridized carbons (Fsp3) is 0.0769. The minimum absolute atomic E-state index is 0.243. The van der Waals surface area contributed by atoms with Crippen LogP contribution in [-0.4, -0.2) is 9.85 Å². The smallest absolute Gasteiger partial charge is 0.280 e. The van der Waals surface area contributed by atoms with Crippen LogP contribution in [0.15, 0.2) is 47.4 Å². The fourth-order valence-electron chi connectivity index (χ4n) is 1.68. The Morgan fingerprint density at radius 1 is 1.00 bits per heavy atom. The molecule has 108 valence electrons. The number of thioether (sulfide) groups is 1. The summed E-state index contributed by atoms with van der Waals surface area (Å²) in [5, 5.41) is 21.7. The van der Waals surface area contributed by atoms with Crippen LogP contribution in [0.4, 0.5) is 17.1 Å². The maximum atomic E-state index is 11.0. The van der Waals surface area contributed by atoms with Gasteiger partial charge in [-0.2, -0.15) is 0 Å². The molecule has 2 aromatic rings. The van der Waals surface area contributed by atoms with Crippen LogP contribution >= 0.6 is 11.8 Å².